The Morgan fingerprint density at radius 1 is 0.783 bits per heavy atom. The summed E-state index contributed by atoms with van der Waals surface area (Å²) in [5.74, 6) is 0. The third kappa shape index (κ3) is 4.70. The lowest BCUT2D eigenvalue weighted by atomic mass is 9.98. The topological polar surface area (TPSA) is 28.2 Å². The summed E-state index contributed by atoms with van der Waals surface area (Å²) in [5.41, 5.74) is 11.3. The summed E-state index contributed by atoms with van der Waals surface area (Å²) in [6.45, 7) is 8.34. The Balaban J connectivity index is 1.14. The molecule has 0 radical (unpaired) electrons. The van der Waals surface area contributed by atoms with E-state index in [4.69, 9.17) is 4.98 Å². The van der Waals surface area contributed by atoms with Gasteiger partial charge < -0.3 is 10.2 Å². The van der Waals surface area contributed by atoms with Gasteiger partial charge in [0.1, 0.15) is 6.17 Å². The van der Waals surface area contributed by atoms with E-state index in [-0.39, 0.29) is 6.17 Å². The molecule has 0 aliphatic carbocycles. The minimum atomic E-state index is -0.0375. The Bertz CT molecular complexity index is 2320. The second-order valence-corrected chi connectivity index (χ2v) is 12.8. The summed E-state index contributed by atoms with van der Waals surface area (Å²) < 4.78 is 2.59. The van der Waals surface area contributed by atoms with Crippen molar-refractivity contribution in [2.75, 3.05) is 10.2 Å². The van der Waals surface area contributed by atoms with Gasteiger partial charge in [0, 0.05) is 36.8 Å². The van der Waals surface area contributed by atoms with Crippen molar-refractivity contribution in [3.05, 3.63) is 163 Å². The van der Waals surface area contributed by atoms with E-state index in [0.717, 1.165) is 33.8 Å². The first-order valence-corrected chi connectivity index (χ1v) is 16.5. The van der Waals surface area contributed by atoms with Crippen molar-refractivity contribution in [3.8, 4) is 22.4 Å². The lowest BCUT2D eigenvalue weighted by molar-refractivity contribution is 0.801. The van der Waals surface area contributed by atoms with Gasteiger partial charge in [-0.25, -0.2) is 4.98 Å². The molecule has 0 bridgehead atoms. The van der Waals surface area contributed by atoms with Crippen molar-refractivity contribution in [1.82, 2.24) is 4.98 Å². The van der Waals surface area contributed by atoms with E-state index in [1.54, 1.807) is 0 Å². The van der Waals surface area contributed by atoms with Crippen LogP contribution >= 0.6 is 11.3 Å². The van der Waals surface area contributed by atoms with Crippen molar-refractivity contribution in [1.29, 1.82) is 0 Å². The van der Waals surface area contributed by atoms with Gasteiger partial charge in [-0.1, -0.05) is 115 Å². The summed E-state index contributed by atoms with van der Waals surface area (Å²) in [5, 5.41) is 7.46. The summed E-state index contributed by atoms with van der Waals surface area (Å²) in [7, 11) is 0. The zero-order valence-electron chi connectivity index (χ0n) is 25.9. The Labute approximate surface area is 273 Å². The number of rotatable bonds is 6. The average molecular weight is 612 g/mol. The van der Waals surface area contributed by atoms with E-state index in [1.807, 2.05) is 17.4 Å². The van der Waals surface area contributed by atoms with Crippen LogP contribution in [0.5, 0.6) is 0 Å². The number of fused-ring (bicyclic) bond motifs is 6. The number of nitrogens with zero attached hydrogens (tertiary/aromatic N) is 2. The molecule has 0 amide bonds. The average Bonchev–Trinajstić information content (AvgIpc) is 3.70. The maximum Gasteiger partial charge on any atom is 0.130 e. The van der Waals surface area contributed by atoms with Crippen molar-refractivity contribution in [2.45, 2.75) is 20.0 Å². The van der Waals surface area contributed by atoms with E-state index < -0.39 is 0 Å². The molecular weight excluding hydrogens is 579 g/mol. The van der Waals surface area contributed by atoms with E-state index in [2.05, 4.69) is 164 Å². The van der Waals surface area contributed by atoms with Crippen LogP contribution in [-0.4, -0.2) is 4.98 Å². The van der Waals surface area contributed by atoms with Crippen LogP contribution in [-0.2, 0) is 0 Å². The summed E-state index contributed by atoms with van der Waals surface area (Å²) in [6.07, 6.45) is 6.22. The maximum absolute atomic E-state index is 5.20. The molecule has 2 aromatic heterocycles. The molecule has 222 valence electrons. The first kappa shape index (κ1) is 28.1. The maximum atomic E-state index is 5.20. The number of benzene rings is 5. The summed E-state index contributed by atoms with van der Waals surface area (Å²) in [6, 6.07) is 43.4. The highest BCUT2D eigenvalue weighted by molar-refractivity contribution is 7.26. The number of nitrogens with one attached hydrogen (secondary N) is 1. The monoisotopic (exact) mass is 611 g/mol. The van der Waals surface area contributed by atoms with Gasteiger partial charge in [-0.05, 0) is 67.0 Å². The van der Waals surface area contributed by atoms with Crippen LogP contribution in [0.2, 0.25) is 0 Å². The van der Waals surface area contributed by atoms with Gasteiger partial charge in [0.15, 0.2) is 0 Å². The van der Waals surface area contributed by atoms with Crippen LogP contribution < -0.4 is 10.2 Å². The molecule has 1 N–H and O–H groups in total. The predicted molar refractivity (Wildman–Crippen MR) is 198 cm³/mol. The van der Waals surface area contributed by atoms with E-state index in [1.165, 1.54) is 47.8 Å². The summed E-state index contributed by atoms with van der Waals surface area (Å²) >= 11 is 1.85. The number of hydrogen-bond acceptors (Lipinski definition) is 4. The number of anilines is 2. The third-order valence-electron chi connectivity index (χ3n) is 8.96. The second kappa shape index (κ2) is 11.5. The van der Waals surface area contributed by atoms with Crippen molar-refractivity contribution >= 4 is 53.8 Å². The van der Waals surface area contributed by atoms with Crippen LogP contribution in [0.4, 0.5) is 11.4 Å². The number of para-hydroxylation sites is 3. The predicted octanol–water partition coefficient (Wildman–Crippen LogP) is 11.9. The lowest BCUT2D eigenvalue weighted by Gasteiger charge is -2.28. The lowest BCUT2D eigenvalue weighted by Crippen LogP contribution is -2.26. The highest BCUT2D eigenvalue weighted by atomic mass is 32.1. The van der Waals surface area contributed by atoms with Gasteiger partial charge in [-0.15, -0.1) is 11.3 Å². The van der Waals surface area contributed by atoms with Gasteiger partial charge in [0.2, 0.25) is 0 Å². The van der Waals surface area contributed by atoms with Gasteiger partial charge in [0.05, 0.1) is 22.6 Å². The molecule has 7 aromatic rings. The van der Waals surface area contributed by atoms with Gasteiger partial charge in [-0.3, -0.25) is 0 Å². The highest BCUT2D eigenvalue weighted by Gasteiger charge is 2.31. The zero-order valence-corrected chi connectivity index (χ0v) is 26.7. The fourth-order valence-electron chi connectivity index (χ4n) is 6.52. The van der Waals surface area contributed by atoms with Crippen LogP contribution in [0.25, 0.3) is 53.5 Å². The third-order valence-corrected chi connectivity index (χ3v) is 10.2. The minimum Gasteiger partial charge on any atom is -0.359 e. The molecule has 1 aliphatic rings. The standard InChI is InChI=1S/C42H33N3S/c1-4-27(3)26-32(5-2)45-37-16-10-9-15-36(37)44-42(45)31-24-20-29(21-25-31)28-18-22-30(23-19-28)40-39-34-13-7-11-17-38(34)46-41(39)33-12-6-8-14-35(33)43-40/h4-26,42,44H,2H2,1,3H3/b27-4-,32-26+. The van der Waals surface area contributed by atoms with E-state index in [9.17, 15) is 0 Å². The molecule has 4 heteroatoms. The van der Waals surface area contributed by atoms with Crippen molar-refractivity contribution < 1.29 is 0 Å². The molecule has 0 saturated carbocycles. The number of allylic oxidation sites excluding steroid dienone is 4. The highest BCUT2D eigenvalue weighted by Crippen LogP contribution is 2.45. The molecular formula is C42H33N3S. The summed E-state index contributed by atoms with van der Waals surface area (Å²) in [4.78, 5) is 7.54. The molecule has 1 atom stereocenters. The van der Waals surface area contributed by atoms with Gasteiger partial charge >= 0.3 is 0 Å². The van der Waals surface area contributed by atoms with Crippen LogP contribution in [0.1, 0.15) is 25.6 Å². The minimum absolute atomic E-state index is 0.0375. The Kier molecular flexibility index (Phi) is 7.00. The van der Waals surface area contributed by atoms with Gasteiger partial charge in [0.25, 0.3) is 0 Å². The molecule has 0 saturated heterocycles. The molecule has 0 spiro atoms. The molecule has 8 rings (SSSR count). The smallest absolute Gasteiger partial charge is 0.130 e. The van der Waals surface area contributed by atoms with Crippen LogP contribution in [0.15, 0.2) is 157 Å². The first-order chi connectivity index (χ1) is 22.6. The van der Waals surface area contributed by atoms with Crippen LogP contribution in [0.3, 0.4) is 0 Å². The second-order valence-electron chi connectivity index (χ2n) is 11.7. The number of thiophene rings is 1. The van der Waals surface area contributed by atoms with E-state index in [0.29, 0.717) is 0 Å². The normalized spacial score (nSPS) is 15.0. The van der Waals surface area contributed by atoms with Crippen molar-refractivity contribution in [3.63, 3.8) is 0 Å². The number of aromatic nitrogens is 1. The molecule has 3 heterocycles. The molecule has 3 nitrogen and oxygen atoms in total. The fourth-order valence-corrected chi connectivity index (χ4v) is 7.76. The molecule has 46 heavy (non-hydrogen) atoms. The van der Waals surface area contributed by atoms with Crippen molar-refractivity contribution in [2.24, 2.45) is 0 Å². The molecule has 1 aliphatic heterocycles. The number of hydrogen-bond donors (Lipinski definition) is 1. The van der Waals surface area contributed by atoms with E-state index >= 15 is 0 Å². The largest absolute Gasteiger partial charge is 0.359 e. The Hall–Kier alpha value is -5.45. The number of pyridine rings is 1. The van der Waals surface area contributed by atoms with Gasteiger partial charge in [-0.2, -0.15) is 0 Å². The fraction of sp³-hybridized carbons (Fsp3) is 0.0714. The SMILES string of the molecule is C=C/C(=C\C(C)=C/C)N1c2ccccc2NC1c1ccc(-c2ccc(-c3nc4ccccc4c4sc5ccccc5c34)cc2)cc1. The molecule has 1 unspecified atom stereocenters. The molecule has 0 fully saturated rings. The quantitative estimate of drug-likeness (QED) is 0.190. The zero-order chi connectivity index (χ0) is 31.2. The Morgan fingerprint density at radius 3 is 2.20 bits per heavy atom. The Morgan fingerprint density at radius 2 is 1.43 bits per heavy atom. The first-order valence-electron chi connectivity index (χ1n) is 15.7. The molecule has 5 aromatic carbocycles. The van der Waals surface area contributed by atoms with Crippen LogP contribution in [0, 0.1) is 0 Å².